The van der Waals surface area contributed by atoms with E-state index in [1.807, 2.05) is 43.3 Å². The van der Waals surface area contributed by atoms with Gasteiger partial charge in [-0.05, 0) is 86.8 Å². The van der Waals surface area contributed by atoms with E-state index in [9.17, 15) is 18.7 Å². The molecule has 2 aromatic heterocycles. The second kappa shape index (κ2) is 16.6. The van der Waals surface area contributed by atoms with Crippen molar-refractivity contribution in [2.24, 2.45) is 5.92 Å². The molecular weight excluding hydrogens is 658 g/mol. The molecule has 270 valence electrons. The van der Waals surface area contributed by atoms with Gasteiger partial charge in [0.05, 0.1) is 31.0 Å². The number of rotatable bonds is 16. The van der Waals surface area contributed by atoms with Gasteiger partial charge in [-0.3, -0.25) is 4.68 Å². The zero-order valence-electron chi connectivity index (χ0n) is 28.9. The first kappa shape index (κ1) is 35.6. The highest BCUT2D eigenvalue weighted by molar-refractivity contribution is 5.54. The van der Waals surface area contributed by atoms with Crippen molar-refractivity contribution in [2.45, 2.75) is 51.8 Å². The van der Waals surface area contributed by atoms with Crippen LogP contribution in [0.15, 0.2) is 90.5 Å². The molecule has 0 aliphatic carbocycles. The summed E-state index contributed by atoms with van der Waals surface area (Å²) in [5.41, 5.74) is 2.65. The summed E-state index contributed by atoms with van der Waals surface area (Å²) in [6.07, 6.45) is 6.15. The molecule has 1 unspecified atom stereocenters. The van der Waals surface area contributed by atoms with Gasteiger partial charge < -0.3 is 24.4 Å². The predicted molar refractivity (Wildman–Crippen MR) is 190 cm³/mol. The van der Waals surface area contributed by atoms with Crippen LogP contribution in [0.5, 0.6) is 11.5 Å². The van der Waals surface area contributed by atoms with Crippen molar-refractivity contribution in [1.29, 1.82) is 0 Å². The highest BCUT2D eigenvalue weighted by atomic mass is 19.1. The van der Waals surface area contributed by atoms with E-state index in [4.69, 9.17) is 9.47 Å². The molecule has 1 aliphatic heterocycles. The number of aliphatic hydroxyl groups is 1. The molecule has 0 amide bonds. The van der Waals surface area contributed by atoms with Gasteiger partial charge >= 0.3 is 5.69 Å². The number of piperazine rings is 1. The van der Waals surface area contributed by atoms with Gasteiger partial charge in [-0.15, -0.1) is 0 Å². The maximum Gasteiger partial charge on any atom is 0.350 e. The van der Waals surface area contributed by atoms with E-state index in [0.29, 0.717) is 19.6 Å². The molecule has 1 N–H and O–H groups in total. The van der Waals surface area contributed by atoms with Crippen molar-refractivity contribution >= 4 is 11.4 Å². The van der Waals surface area contributed by atoms with E-state index in [1.165, 1.54) is 34.0 Å². The van der Waals surface area contributed by atoms with Crippen LogP contribution < -0.4 is 25.0 Å². The average molecular weight is 703 g/mol. The van der Waals surface area contributed by atoms with Gasteiger partial charge in [-0.25, -0.2) is 27.8 Å². The summed E-state index contributed by atoms with van der Waals surface area (Å²) < 4.78 is 44.0. The second-order valence-corrected chi connectivity index (χ2v) is 12.8. The monoisotopic (exact) mass is 702 g/mol. The Morgan fingerprint density at radius 2 is 1.49 bits per heavy atom. The van der Waals surface area contributed by atoms with Crippen molar-refractivity contribution in [3.8, 4) is 17.2 Å². The molecule has 1 fully saturated rings. The third kappa shape index (κ3) is 8.92. The summed E-state index contributed by atoms with van der Waals surface area (Å²) in [5, 5.41) is 18.5. The quantitative estimate of drug-likeness (QED) is 0.150. The molecule has 14 heteroatoms. The summed E-state index contributed by atoms with van der Waals surface area (Å²) >= 11 is 0. The van der Waals surface area contributed by atoms with E-state index < -0.39 is 17.7 Å². The van der Waals surface area contributed by atoms with E-state index >= 15 is 0 Å². The predicted octanol–water partition coefficient (Wildman–Crippen LogP) is 5.12. The molecule has 1 aliphatic rings. The Labute approximate surface area is 295 Å². The molecular formula is C37H44F2N8O4. The fourth-order valence-electron chi connectivity index (χ4n) is 6.36. The topological polar surface area (TPSA) is 116 Å². The Morgan fingerprint density at radius 3 is 2.10 bits per heavy atom. The number of aromatic nitrogens is 6. The number of nitrogens with zero attached hydrogens (tertiary/aromatic N) is 8. The first-order chi connectivity index (χ1) is 24.8. The fourth-order valence-corrected chi connectivity index (χ4v) is 6.36. The van der Waals surface area contributed by atoms with Gasteiger partial charge in [0, 0.05) is 56.1 Å². The lowest BCUT2D eigenvalue weighted by atomic mass is 10.1. The lowest BCUT2D eigenvalue weighted by Gasteiger charge is -2.37. The molecule has 5 aromatic rings. The lowest BCUT2D eigenvalue weighted by molar-refractivity contribution is 0.118. The van der Waals surface area contributed by atoms with Gasteiger partial charge in [0.1, 0.15) is 30.5 Å². The Bertz CT molecular complexity index is 1870. The number of ether oxygens (including phenoxy) is 2. The van der Waals surface area contributed by atoms with Crippen LogP contribution in [-0.4, -0.2) is 79.7 Å². The van der Waals surface area contributed by atoms with Gasteiger partial charge in [0.15, 0.2) is 11.6 Å². The van der Waals surface area contributed by atoms with Crippen molar-refractivity contribution in [2.75, 3.05) is 49.2 Å². The van der Waals surface area contributed by atoms with Crippen LogP contribution >= 0.6 is 0 Å². The Hall–Kier alpha value is -5.24. The fraction of sp³-hybridized carbons (Fsp3) is 0.405. The van der Waals surface area contributed by atoms with E-state index in [1.54, 1.807) is 17.9 Å². The zero-order valence-corrected chi connectivity index (χ0v) is 28.9. The van der Waals surface area contributed by atoms with E-state index in [-0.39, 0.29) is 30.0 Å². The lowest BCUT2D eigenvalue weighted by Crippen LogP contribution is -2.46. The normalized spacial score (nSPS) is 15.1. The van der Waals surface area contributed by atoms with Crippen molar-refractivity contribution in [3.63, 3.8) is 0 Å². The summed E-state index contributed by atoms with van der Waals surface area (Å²) in [7, 11) is 0. The van der Waals surface area contributed by atoms with Gasteiger partial charge in [0.25, 0.3) is 0 Å². The Morgan fingerprint density at radius 1 is 0.843 bits per heavy atom. The molecule has 12 nitrogen and oxygen atoms in total. The highest BCUT2D eigenvalue weighted by Crippen LogP contribution is 2.25. The molecule has 1 saturated heterocycles. The first-order valence-electron chi connectivity index (χ1n) is 17.4. The van der Waals surface area contributed by atoms with Crippen molar-refractivity contribution in [1.82, 2.24) is 29.1 Å². The number of aryl methyl sites for hydroxylation is 1. The second-order valence-electron chi connectivity index (χ2n) is 12.8. The minimum atomic E-state index is -0.732. The van der Waals surface area contributed by atoms with E-state index in [2.05, 4.69) is 37.1 Å². The maximum absolute atomic E-state index is 14.2. The number of hydrogen-bond donors (Lipinski definition) is 1. The molecule has 3 atom stereocenters. The summed E-state index contributed by atoms with van der Waals surface area (Å²) in [6.45, 7) is 8.24. The maximum atomic E-state index is 14.2. The van der Waals surface area contributed by atoms with Gasteiger partial charge in [0.2, 0.25) is 0 Å². The number of aliphatic hydroxyl groups excluding tert-OH is 1. The Balaban J connectivity index is 1.00. The van der Waals surface area contributed by atoms with Crippen LogP contribution in [0, 0.1) is 17.6 Å². The number of hydrogen-bond acceptors (Lipinski definition) is 9. The first-order valence-corrected chi connectivity index (χ1v) is 17.4. The van der Waals surface area contributed by atoms with Crippen LogP contribution in [0.4, 0.5) is 20.2 Å². The van der Waals surface area contributed by atoms with Crippen LogP contribution in [-0.2, 0) is 6.54 Å². The van der Waals surface area contributed by atoms with Crippen LogP contribution in [0.1, 0.15) is 39.2 Å². The molecule has 3 heterocycles. The van der Waals surface area contributed by atoms with Crippen LogP contribution in [0.3, 0.4) is 0 Å². The molecule has 0 radical (unpaired) electrons. The van der Waals surface area contributed by atoms with Crippen molar-refractivity contribution in [3.05, 3.63) is 108 Å². The molecule has 6 rings (SSSR count). The average Bonchev–Trinajstić information content (AvgIpc) is 3.80. The largest absolute Gasteiger partial charge is 0.493 e. The van der Waals surface area contributed by atoms with Crippen LogP contribution in [0.2, 0.25) is 0 Å². The third-order valence-corrected chi connectivity index (χ3v) is 9.28. The van der Waals surface area contributed by atoms with Gasteiger partial charge in [-0.2, -0.15) is 10.2 Å². The smallest absolute Gasteiger partial charge is 0.350 e. The number of benzene rings is 3. The molecule has 0 bridgehead atoms. The molecule has 51 heavy (non-hydrogen) atoms. The standard InChI is InChI=1S/C37H44F2N8O4/c1-3-35(27(2)48)47-37(49)46(26-42-47)32-9-7-30(8-10-32)43-17-19-44(20-18-43)31-11-13-33(14-12-31)50-22-28(5-4-16-45-25-40-24-41-45)23-51-36-15-6-29(38)21-34(36)39/h6-15,21,24-28,35,48H,3-5,16-20,22-23H2,1-2H3/t27?,28-,35+/m1/s1. The molecule has 0 spiro atoms. The number of anilines is 2. The summed E-state index contributed by atoms with van der Waals surface area (Å²) in [4.78, 5) is 21.6. The van der Waals surface area contributed by atoms with Crippen LogP contribution in [0.25, 0.3) is 5.69 Å². The van der Waals surface area contributed by atoms with Gasteiger partial charge in [-0.1, -0.05) is 6.92 Å². The molecule has 0 saturated carbocycles. The SMILES string of the molecule is CC[C@@H](C(C)O)n1ncn(-c2ccc(N3CCN(c4ccc(OC[C@@H](CCCn5cncn5)COc5ccc(F)cc5F)cc4)CC3)cc2)c1=O. The molecule has 3 aromatic carbocycles. The summed E-state index contributed by atoms with van der Waals surface area (Å²) in [6, 6.07) is 18.9. The number of halogens is 2. The minimum Gasteiger partial charge on any atom is -0.493 e. The minimum absolute atomic E-state index is 0.0128. The Kier molecular flexibility index (Phi) is 11.6. The zero-order chi connectivity index (χ0) is 35.7. The van der Waals surface area contributed by atoms with Crippen molar-refractivity contribution < 1.29 is 23.4 Å². The summed E-state index contributed by atoms with van der Waals surface area (Å²) in [5.74, 6) is -0.679. The third-order valence-electron chi connectivity index (χ3n) is 9.28. The van der Waals surface area contributed by atoms with E-state index in [0.717, 1.165) is 67.9 Å². The highest BCUT2D eigenvalue weighted by Gasteiger charge is 2.21.